The van der Waals surface area contributed by atoms with Gasteiger partial charge in [0, 0.05) is 17.7 Å². The Morgan fingerprint density at radius 2 is 2.29 bits per heavy atom. The highest BCUT2D eigenvalue weighted by Crippen LogP contribution is 2.21. The molecule has 0 aliphatic heterocycles. The third-order valence-corrected chi connectivity index (χ3v) is 2.25. The second kappa shape index (κ2) is 4.30. The van der Waals surface area contributed by atoms with Gasteiger partial charge in [-0.1, -0.05) is 12.1 Å². The molecule has 17 heavy (non-hydrogen) atoms. The molecule has 88 valence electrons. The first-order valence-corrected chi connectivity index (χ1v) is 5.00. The molecular formula is C10H11N5O2. The Labute approximate surface area is 96.8 Å². The smallest absolute Gasteiger partial charge is 0.270 e. The number of H-pyrrole nitrogens is 1. The molecule has 2 rings (SSSR count). The minimum atomic E-state index is -0.456. The van der Waals surface area contributed by atoms with Crippen LogP contribution in [0.25, 0.3) is 11.4 Å². The van der Waals surface area contributed by atoms with E-state index in [1.54, 1.807) is 19.1 Å². The first-order chi connectivity index (χ1) is 8.08. The van der Waals surface area contributed by atoms with Crippen LogP contribution in [-0.4, -0.2) is 20.1 Å². The number of aromatic nitrogens is 3. The van der Waals surface area contributed by atoms with E-state index >= 15 is 0 Å². The number of nitrogens with one attached hydrogen (secondary N) is 1. The number of nitrogens with zero attached hydrogens (tertiary/aromatic N) is 3. The summed E-state index contributed by atoms with van der Waals surface area (Å²) in [7, 11) is 0. The van der Waals surface area contributed by atoms with E-state index < -0.39 is 4.92 Å². The van der Waals surface area contributed by atoms with Gasteiger partial charge in [0.05, 0.1) is 11.0 Å². The second-order valence-electron chi connectivity index (χ2n) is 3.64. The van der Waals surface area contributed by atoms with Crippen LogP contribution in [0.2, 0.25) is 0 Å². The Hall–Kier alpha value is -2.28. The van der Waals surface area contributed by atoms with Crippen molar-refractivity contribution in [2.75, 3.05) is 0 Å². The number of hydrogen-bond donors (Lipinski definition) is 2. The number of rotatable bonds is 3. The van der Waals surface area contributed by atoms with Crippen LogP contribution in [0.1, 0.15) is 18.8 Å². The van der Waals surface area contributed by atoms with Gasteiger partial charge in [0.15, 0.2) is 5.82 Å². The Balaban J connectivity index is 2.38. The molecule has 0 saturated heterocycles. The maximum Gasteiger partial charge on any atom is 0.270 e. The summed E-state index contributed by atoms with van der Waals surface area (Å²) in [5.74, 6) is 0.951. The molecule has 3 N–H and O–H groups in total. The van der Waals surface area contributed by atoms with Gasteiger partial charge in [-0.05, 0) is 6.92 Å². The van der Waals surface area contributed by atoms with Gasteiger partial charge < -0.3 is 5.73 Å². The predicted molar refractivity (Wildman–Crippen MR) is 61.1 cm³/mol. The average Bonchev–Trinajstić information content (AvgIpc) is 2.78. The van der Waals surface area contributed by atoms with Crippen LogP contribution in [0.3, 0.4) is 0 Å². The summed E-state index contributed by atoms with van der Waals surface area (Å²) in [4.78, 5) is 14.3. The van der Waals surface area contributed by atoms with Gasteiger partial charge in [0.2, 0.25) is 0 Å². The summed E-state index contributed by atoms with van der Waals surface area (Å²) < 4.78 is 0. The van der Waals surface area contributed by atoms with Crippen LogP contribution >= 0.6 is 0 Å². The summed E-state index contributed by atoms with van der Waals surface area (Å²) in [6, 6.07) is 5.89. The first kappa shape index (κ1) is 11.2. The van der Waals surface area contributed by atoms with Crippen LogP contribution in [0.4, 0.5) is 5.69 Å². The molecule has 0 saturated carbocycles. The number of nitro benzene ring substituents is 1. The molecule has 2 aromatic rings. The average molecular weight is 233 g/mol. The topological polar surface area (TPSA) is 111 Å². The second-order valence-corrected chi connectivity index (χ2v) is 3.64. The van der Waals surface area contributed by atoms with E-state index in [0.29, 0.717) is 17.2 Å². The van der Waals surface area contributed by atoms with Crippen LogP contribution in [-0.2, 0) is 0 Å². The lowest BCUT2D eigenvalue weighted by Crippen LogP contribution is -2.06. The largest absolute Gasteiger partial charge is 0.322 e. The van der Waals surface area contributed by atoms with E-state index in [1.165, 1.54) is 12.1 Å². The molecular weight excluding hydrogens is 222 g/mol. The van der Waals surface area contributed by atoms with Crippen LogP contribution in [0.15, 0.2) is 24.3 Å². The van der Waals surface area contributed by atoms with Crippen molar-refractivity contribution < 1.29 is 4.92 Å². The zero-order valence-corrected chi connectivity index (χ0v) is 9.12. The van der Waals surface area contributed by atoms with Gasteiger partial charge in [-0.2, -0.15) is 5.10 Å². The molecule has 7 nitrogen and oxygen atoms in total. The molecule has 1 heterocycles. The summed E-state index contributed by atoms with van der Waals surface area (Å²) in [6.07, 6.45) is 0. The fourth-order valence-electron chi connectivity index (χ4n) is 1.37. The van der Waals surface area contributed by atoms with E-state index in [4.69, 9.17) is 5.73 Å². The molecule has 0 spiro atoms. The van der Waals surface area contributed by atoms with Gasteiger partial charge in [-0.15, -0.1) is 0 Å². The number of nitrogens with two attached hydrogens (primary N) is 1. The number of hydrogen-bond acceptors (Lipinski definition) is 5. The third-order valence-electron chi connectivity index (χ3n) is 2.25. The Kier molecular flexibility index (Phi) is 2.84. The lowest BCUT2D eigenvalue weighted by Gasteiger charge is -1.97. The molecule has 1 aromatic carbocycles. The number of nitro groups is 1. The van der Waals surface area contributed by atoms with Crippen molar-refractivity contribution in [3.63, 3.8) is 0 Å². The zero-order valence-electron chi connectivity index (χ0n) is 9.12. The van der Waals surface area contributed by atoms with Crippen molar-refractivity contribution in [1.29, 1.82) is 0 Å². The lowest BCUT2D eigenvalue weighted by molar-refractivity contribution is -0.384. The number of non-ortho nitro benzene ring substituents is 1. The fraction of sp³-hybridized carbons (Fsp3) is 0.200. The normalized spacial score (nSPS) is 12.4. The SMILES string of the molecule is C[C@H](N)c1nc(-c2cccc([N+](=O)[O-])c2)n[nH]1. The standard InChI is InChI=1S/C10H11N5O2/c1-6(11)9-12-10(14-13-9)7-3-2-4-8(5-7)15(16)17/h2-6H,11H2,1H3,(H,12,13,14)/t6-/m0/s1. The van der Waals surface area contributed by atoms with Crippen molar-refractivity contribution in [2.24, 2.45) is 5.73 Å². The molecule has 0 aliphatic carbocycles. The van der Waals surface area contributed by atoms with Crippen molar-refractivity contribution in [2.45, 2.75) is 13.0 Å². The number of benzene rings is 1. The lowest BCUT2D eigenvalue weighted by atomic mass is 10.2. The van der Waals surface area contributed by atoms with E-state index in [0.717, 1.165) is 0 Å². The Bertz CT molecular complexity index is 549. The zero-order chi connectivity index (χ0) is 12.4. The highest BCUT2D eigenvalue weighted by molar-refractivity contribution is 5.58. The van der Waals surface area contributed by atoms with Gasteiger partial charge in [-0.3, -0.25) is 15.2 Å². The molecule has 1 atom stereocenters. The maximum absolute atomic E-state index is 10.6. The highest BCUT2D eigenvalue weighted by atomic mass is 16.6. The van der Waals surface area contributed by atoms with Gasteiger partial charge in [0.1, 0.15) is 5.82 Å². The third kappa shape index (κ3) is 2.28. The molecule has 0 bridgehead atoms. The van der Waals surface area contributed by atoms with Gasteiger partial charge >= 0.3 is 0 Å². The molecule has 1 aromatic heterocycles. The Morgan fingerprint density at radius 1 is 1.53 bits per heavy atom. The fourth-order valence-corrected chi connectivity index (χ4v) is 1.37. The van der Waals surface area contributed by atoms with E-state index in [1.807, 2.05) is 0 Å². The molecule has 7 heteroatoms. The molecule has 0 unspecified atom stereocenters. The summed E-state index contributed by atoms with van der Waals surface area (Å²) in [5.41, 5.74) is 6.24. The molecule has 0 fully saturated rings. The Morgan fingerprint density at radius 3 is 2.88 bits per heavy atom. The van der Waals surface area contributed by atoms with E-state index in [-0.39, 0.29) is 11.7 Å². The first-order valence-electron chi connectivity index (χ1n) is 5.00. The minimum Gasteiger partial charge on any atom is -0.322 e. The predicted octanol–water partition coefficient (Wildman–Crippen LogP) is 1.40. The maximum atomic E-state index is 10.6. The van der Waals surface area contributed by atoms with Gasteiger partial charge in [0.25, 0.3) is 5.69 Å². The number of aromatic amines is 1. The van der Waals surface area contributed by atoms with Gasteiger partial charge in [-0.25, -0.2) is 4.98 Å². The summed E-state index contributed by atoms with van der Waals surface area (Å²) in [5, 5.41) is 17.3. The van der Waals surface area contributed by atoms with E-state index in [9.17, 15) is 10.1 Å². The quantitative estimate of drug-likeness (QED) is 0.614. The summed E-state index contributed by atoms with van der Waals surface area (Å²) >= 11 is 0. The highest BCUT2D eigenvalue weighted by Gasteiger charge is 2.12. The molecule has 0 amide bonds. The van der Waals surface area contributed by atoms with Crippen molar-refractivity contribution >= 4 is 5.69 Å². The van der Waals surface area contributed by atoms with Crippen LogP contribution in [0, 0.1) is 10.1 Å². The van der Waals surface area contributed by atoms with Crippen molar-refractivity contribution in [1.82, 2.24) is 15.2 Å². The monoisotopic (exact) mass is 233 g/mol. The van der Waals surface area contributed by atoms with Crippen LogP contribution < -0.4 is 5.73 Å². The van der Waals surface area contributed by atoms with Crippen molar-refractivity contribution in [3.8, 4) is 11.4 Å². The minimum absolute atomic E-state index is 0.00893. The molecule has 0 radical (unpaired) electrons. The molecule has 0 aliphatic rings. The van der Waals surface area contributed by atoms with Crippen LogP contribution in [0.5, 0.6) is 0 Å². The van der Waals surface area contributed by atoms with Crippen molar-refractivity contribution in [3.05, 3.63) is 40.2 Å². The van der Waals surface area contributed by atoms with E-state index in [2.05, 4.69) is 15.2 Å². The summed E-state index contributed by atoms with van der Waals surface area (Å²) in [6.45, 7) is 1.78.